The molecule has 0 spiro atoms. The monoisotopic (exact) mass is 360 g/mol. The summed E-state index contributed by atoms with van der Waals surface area (Å²) in [7, 11) is 1.74. The maximum absolute atomic E-state index is 12.3. The molecule has 1 aliphatic rings. The van der Waals surface area contributed by atoms with Crippen LogP contribution in [0, 0.1) is 17.8 Å². The standard InChI is InChI=1S/C21H32N2O3/c1-5-15(6-2)19(26-4)11-12-22-20(24)16-7-9-17(10-8-16)23-21(25)18-13-14(18)3/h7-10,14-15,18-19H,5-6,11-13H2,1-4H3,(H,22,24)(H,23,25)/t14-,18+,19+/m1/s1. The number of carbonyl (C=O) groups excluding carboxylic acids is 2. The largest absolute Gasteiger partial charge is 0.381 e. The predicted molar refractivity (Wildman–Crippen MR) is 104 cm³/mol. The average Bonchev–Trinajstić information content (AvgIpc) is 3.38. The van der Waals surface area contributed by atoms with Gasteiger partial charge in [0.2, 0.25) is 5.91 Å². The Morgan fingerprint density at radius 3 is 2.31 bits per heavy atom. The minimum absolute atomic E-state index is 0.0710. The van der Waals surface area contributed by atoms with E-state index in [2.05, 4.69) is 31.4 Å². The Morgan fingerprint density at radius 2 is 1.81 bits per heavy atom. The molecule has 0 aliphatic heterocycles. The fourth-order valence-electron chi connectivity index (χ4n) is 3.42. The van der Waals surface area contributed by atoms with Gasteiger partial charge in [0.1, 0.15) is 0 Å². The van der Waals surface area contributed by atoms with Crippen molar-refractivity contribution in [3.05, 3.63) is 29.8 Å². The van der Waals surface area contributed by atoms with E-state index in [1.807, 2.05) is 0 Å². The lowest BCUT2D eigenvalue weighted by molar-refractivity contribution is -0.117. The molecule has 0 heterocycles. The topological polar surface area (TPSA) is 67.4 Å². The zero-order valence-electron chi connectivity index (χ0n) is 16.4. The summed E-state index contributed by atoms with van der Waals surface area (Å²) in [6, 6.07) is 7.05. The zero-order valence-corrected chi connectivity index (χ0v) is 16.4. The van der Waals surface area contributed by atoms with E-state index in [0.29, 0.717) is 23.9 Å². The van der Waals surface area contributed by atoms with Crippen LogP contribution in [0.3, 0.4) is 0 Å². The van der Waals surface area contributed by atoms with E-state index in [-0.39, 0.29) is 23.8 Å². The van der Waals surface area contributed by atoms with E-state index in [9.17, 15) is 9.59 Å². The quantitative estimate of drug-likeness (QED) is 0.666. The van der Waals surface area contributed by atoms with Crippen molar-refractivity contribution in [1.82, 2.24) is 5.32 Å². The number of benzene rings is 1. The van der Waals surface area contributed by atoms with E-state index in [4.69, 9.17) is 4.74 Å². The summed E-state index contributed by atoms with van der Waals surface area (Å²) in [4.78, 5) is 24.2. The van der Waals surface area contributed by atoms with Crippen LogP contribution in [0.1, 0.15) is 56.8 Å². The van der Waals surface area contributed by atoms with E-state index in [1.165, 1.54) is 0 Å². The Hall–Kier alpha value is -1.88. The van der Waals surface area contributed by atoms with Gasteiger partial charge in [0, 0.05) is 30.8 Å². The molecule has 5 nitrogen and oxygen atoms in total. The molecular formula is C21H32N2O3. The van der Waals surface area contributed by atoms with Crippen LogP contribution in [-0.4, -0.2) is 31.6 Å². The van der Waals surface area contributed by atoms with Gasteiger partial charge in [-0.3, -0.25) is 9.59 Å². The van der Waals surface area contributed by atoms with Crippen molar-refractivity contribution in [2.24, 2.45) is 17.8 Å². The van der Waals surface area contributed by atoms with Crippen molar-refractivity contribution in [2.45, 2.75) is 52.6 Å². The van der Waals surface area contributed by atoms with Crippen molar-refractivity contribution < 1.29 is 14.3 Å². The van der Waals surface area contributed by atoms with Crippen LogP contribution in [0.2, 0.25) is 0 Å². The van der Waals surface area contributed by atoms with E-state index in [0.717, 1.165) is 31.4 Å². The molecule has 2 rings (SSSR count). The van der Waals surface area contributed by atoms with Gasteiger partial charge in [-0.25, -0.2) is 0 Å². The highest BCUT2D eigenvalue weighted by atomic mass is 16.5. The molecule has 1 fully saturated rings. The number of ether oxygens (including phenoxy) is 1. The second kappa shape index (κ2) is 9.72. The van der Waals surface area contributed by atoms with Gasteiger partial charge in [-0.1, -0.05) is 33.6 Å². The zero-order chi connectivity index (χ0) is 19.1. The minimum Gasteiger partial charge on any atom is -0.381 e. The van der Waals surface area contributed by atoms with Crippen molar-refractivity contribution in [2.75, 3.05) is 19.0 Å². The molecule has 0 bridgehead atoms. The average molecular weight is 360 g/mol. The van der Waals surface area contributed by atoms with E-state index in [1.54, 1.807) is 31.4 Å². The summed E-state index contributed by atoms with van der Waals surface area (Å²) in [5.41, 5.74) is 1.33. The molecule has 26 heavy (non-hydrogen) atoms. The Labute approximate surface area is 156 Å². The highest BCUT2D eigenvalue weighted by Crippen LogP contribution is 2.38. The van der Waals surface area contributed by atoms with E-state index >= 15 is 0 Å². The Bertz CT molecular complexity index is 596. The molecule has 0 saturated heterocycles. The molecule has 0 unspecified atom stereocenters. The van der Waals surface area contributed by atoms with Crippen LogP contribution in [0.25, 0.3) is 0 Å². The molecule has 0 aromatic heterocycles. The second-order valence-electron chi connectivity index (χ2n) is 7.28. The number of rotatable bonds is 10. The Balaban J connectivity index is 1.79. The van der Waals surface area contributed by atoms with Gasteiger partial charge >= 0.3 is 0 Å². The minimum atomic E-state index is -0.0990. The molecule has 1 aromatic rings. The first-order valence-electron chi connectivity index (χ1n) is 9.72. The van der Waals surface area contributed by atoms with Gasteiger partial charge in [0.15, 0.2) is 0 Å². The number of methoxy groups -OCH3 is 1. The fourth-order valence-corrected chi connectivity index (χ4v) is 3.42. The lowest BCUT2D eigenvalue weighted by atomic mass is 9.94. The summed E-state index contributed by atoms with van der Waals surface area (Å²) in [6.07, 6.45) is 4.10. The van der Waals surface area contributed by atoms with Gasteiger partial charge in [0.05, 0.1) is 6.10 Å². The van der Waals surface area contributed by atoms with Crippen LogP contribution < -0.4 is 10.6 Å². The number of carbonyl (C=O) groups is 2. The van der Waals surface area contributed by atoms with Crippen molar-refractivity contribution >= 4 is 17.5 Å². The highest BCUT2D eigenvalue weighted by Gasteiger charge is 2.39. The smallest absolute Gasteiger partial charge is 0.251 e. The lowest BCUT2D eigenvalue weighted by Crippen LogP contribution is -2.30. The van der Waals surface area contributed by atoms with Gasteiger partial charge in [-0.2, -0.15) is 0 Å². The number of anilines is 1. The molecule has 3 atom stereocenters. The summed E-state index contributed by atoms with van der Waals surface area (Å²) < 4.78 is 5.57. The molecule has 1 saturated carbocycles. The van der Waals surface area contributed by atoms with Crippen LogP contribution in [0.5, 0.6) is 0 Å². The maximum atomic E-state index is 12.3. The number of amides is 2. The summed E-state index contributed by atoms with van der Waals surface area (Å²) in [5, 5.41) is 5.86. The van der Waals surface area contributed by atoms with E-state index < -0.39 is 0 Å². The third-order valence-corrected chi connectivity index (χ3v) is 5.45. The van der Waals surface area contributed by atoms with Crippen molar-refractivity contribution in [3.63, 3.8) is 0 Å². The third kappa shape index (κ3) is 5.56. The Kier molecular flexibility index (Phi) is 7.64. The van der Waals surface area contributed by atoms with Crippen molar-refractivity contribution in [1.29, 1.82) is 0 Å². The molecule has 1 aliphatic carbocycles. The van der Waals surface area contributed by atoms with Crippen LogP contribution in [0.15, 0.2) is 24.3 Å². The van der Waals surface area contributed by atoms with Crippen molar-refractivity contribution in [3.8, 4) is 0 Å². The number of hydrogen-bond acceptors (Lipinski definition) is 3. The molecule has 1 aromatic carbocycles. The summed E-state index contributed by atoms with van der Waals surface area (Å²) in [6.45, 7) is 7.01. The number of nitrogens with one attached hydrogen (secondary N) is 2. The molecule has 144 valence electrons. The van der Waals surface area contributed by atoms with Crippen LogP contribution in [-0.2, 0) is 9.53 Å². The third-order valence-electron chi connectivity index (χ3n) is 5.45. The highest BCUT2D eigenvalue weighted by molar-refractivity contribution is 5.96. The Morgan fingerprint density at radius 1 is 1.19 bits per heavy atom. The fraction of sp³-hybridized carbons (Fsp3) is 0.619. The lowest BCUT2D eigenvalue weighted by Gasteiger charge is -2.24. The normalized spacial score (nSPS) is 19.9. The molecule has 2 amide bonds. The maximum Gasteiger partial charge on any atom is 0.251 e. The predicted octanol–water partition coefficient (Wildman–Crippen LogP) is 3.85. The molecule has 2 N–H and O–H groups in total. The van der Waals surface area contributed by atoms with Gasteiger partial charge in [0.25, 0.3) is 5.91 Å². The molecule has 0 radical (unpaired) electrons. The first-order chi connectivity index (χ1) is 12.5. The summed E-state index contributed by atoms with van der Waals surface area (Å²) >= 11 is 0. The first kappa shape index (κ1) is 20.4. The SMILES string of the molecule is CCC(CC)[C@H](CCNC(=O)c1ccc(NC(=O)[C@H]2C[C@H]2C)cc1)OC. The second-order valence-corrected chi connectivity index (χ2v) is 7.28. The first-order valence-corrected chi connectivity index (χ1v) is 9.72. The van der Waals surface area contributed by atoms with Crippen LogP contribution in [0.4, 0.5) is 5.69 Å². The number of hydrogen-bond donors (Lipinski definition) is 2. The van der Waals surface area contributed by atoms with Gasteiger partial charge in [-0.05, 0) is 48.9 Å². The summed E-state index contributed by atoms with van der Waals surface area (Å²) in [5.74, 6) is 1.12. The molecular weight excluding hydrogens is 328 g/mol. The van der Waals surface area contributed by atoms with Gasteiger partial charge < -0.3 is 15.4 Å². The van der Waals surface area contributed by atoms with Gasteiger partial charge in [-0.15, -0.1) is 0 Å². The molecule has 5 heteroatoms. The van der Waals surface area contributed by atoms with Crippen LogP contribution >= 0.6 is 0 Å².